The summed E-state index contributed by atoms with van der Waals surface area (Å²) in [6.07, 6.45) is 3.98. The minimum absolute atomic E-state index is 0.182. The van der Waals surface area contributed by atoms with Gasteiger partial charge >= 0.3 is 0 Å². The van der Waals surface area contributed by atoms with E-state index >= 15 is 0 Å². The lowest BCUT2D eigenvalue weighted by Crippen LogP contribution is -2.39. The highest BCUT2D eigenvalue weighted by atomic mass is 79.9. The molecule has 1 aliphatic heterocycles. The first-order valence-electron chi connectivity index (χ1n) is 12.8. The van der Waals surface area contributed by atoms with Crippen LogP contribution in [0.3, 0.4) is 0 Å². The molecule has 2 aromatic rings. The molecule has 0 radical (unpaired) electrons. The van der Waals surface area contributed by atoms with Crippen molar-refractivity contribution in [3.05, 3.63) is 98.1 Å². The fraction of sp³-hybridized carbons (Fsp3) is 0.290. The number of hydrogen-bond donors (Lipinski definition) is 1. The molecule has 4 unspecified atom stereocenters. The molecule has 6 rings (SSSR count). The van der Waals surface area contributed by atoms with Gasteiger partial charge in [0.1, 0.15) is 5.75 Å². The summed E-state index contributed by atoms with van der Waals surface area (Å²) >= 11 is 3.26. The Labute approximate surface area is 228 Å². The zero-order valence-corrected chi connectivity index (χ0v) is 22.6. The lowest BCUT2D eigenvalue weighted by Gasteiger charge is -2.42. The Morgan fingerprint density at radius 1 is 0.974 bits per heavy atom. The predicted octanol–water partition coefficient (Wildman–Crippen LogP) is 4.97. The summed E-state index contributed by atoms with van der Waals surface area (Å²) in [5, 5.41) is 10.4. The molecular weight excluding hydrogens is 546 g/mol. The van der Waals surface area contributed by atoms with Crippen LogP contribution in [0, 0.1) is 31.6 Å². The van der Waals surface area contributed by atoms with Crippen LogP contribution in [0.1, 0.15) is 41.0 Å². The number of carbonyl (C=O) groups excluding carboxylic acids is 4. The van der Waals surface area contributed by atoms with Crippen LogP contribution in [-0.4, -0.2) is 33.4 Å². The number of phenolic OH excluding ortho intramolecular Hbond substituents is 1. The van der Waals surface area contributed by atoms with Gasteiger partial charge in [0, 0.05) is 23.1 Å². The number of ketones is 2. The summed E-state index contributed by atoms with van der Waals surface area (Å²) in [6.45, 7) is 3.82. The van der Waals surface area contributed by atoms with Crippen LogP contribution in [0.25, 0.3) is 0 Å². The molecule has 2 aromatic carbocycles. The maximum atomic E-state index is 13.8. The van der Waals surface area contributed by atoms with Crippen LogP contribution in [0.5, 0.6) is 5.75 Å². The fourth-order valence-corrected chi connectivity index (χ4v) is 7.18. The van der Waals surface area contributed by atoms with E-state index in [1.807, 2.05) is 48.5 Å². The highest BCUT2D eigenvalue weighted by Crippen LogP contribution is 2.55. The molecule has 192 valence electrons. The van der Waals surface area contributed by atoms with Crippen LogP contribution in [0.2, 0.25) is 0 Å². The maximum absolute atomic E-state index is 13.8. The molecule has 0 bridgehead atoms. The highest BCUT2D eigenvalue weighted by Gasteiger charge is 2.56. The zero-order chi connectivity index (χ0) is 26.9. The summed E-state index contributed by atoms with van der Waals surface area (Å²) < 4.78 is 0.206. The zero-order valence-electron chi connectivity index (χ0n) is 21.0. The van der Waals surface area contributed by atoms with Crippen molar-refractivity contribution in [3.63, 3.8) is 0 Å². The molecule has 1 N–H and O–H groups in total. The number of aryl methyl sites for hydroxylation is 2. The Kier molecular flexibility index (Phi) is 5.87. The number of fused-ring (bicyclic) bond motifs is 3. The number of likely N-dealkylation sites (tertiary alicyclic amines) is 1. The van der Waals surface area contributed by atoms with Crippen LogP contribution >= 0.6 is 15.9 Å². The first-order chi connectivity index (χ1) is 18.2. The van der Waals surface area contributed by atoms with Crippen molar-refractivity contribution in [2.45, 2.75) is 39.2 Å². The Bertz CT molecular complexity index is 1510. The van der Waals surface area contributed by atoms with E-state index in [2.05, 4.69) is 15.9 Å². The smallest absolute Gasteiger partial charge is 0.234 e. The van der Waals surface area contributed by atoms with Gasteiger partial charge in [0.25, 0.3) is 0 Å². The molecule has 0 saturated carbocycles. The summed E-state index contributed by atoms with van der Waals surface area (Å²) in [5.41, 5.74) is 4.76. The van der Waals surface area contributed by atoms with Crippen LogP contribution in [-0.2, 0) is 25.7 Å². The van der Waals surface area contributed by atoms with E-state index in [1.54, 1.807) is 13.8 Å². The number of benzene rings is 2. The van der Waals surface area contributed by atoms with Crippen LogP contribution in [0.15, 0.2) is 75.8 Å². The molecule has 4 aliphatic rings. The van der Waals surface area contributed by atoms with Gasteiger partial charge in [0.2, 0.25) is 11.8 Å². The van der Waals surface area contributed by atoms with Crippen molar-refractivity contribution in [2.75, 3.05) is 0 Å². The van der Waals surface area contributed by atoms with E-state index in [0.717, 1.165) is 16.7 Å². The number of imide groups is 1. The monoisotopic (exact) mass is 571 g/mol. The molecule has 2 amide bonds. The third-order valence-corrected chi connectivity index (χ3v) is 9.04. The molecule has 0 aromatic heterocycles. The summed E-state index contributed by atoms with van der Waals surface area (Å²) in [7, 11) is 0. The van der Waals surface area contributed by atoms with Crippen molar-refractivity contribution >= 4 is 39.3 Å². The molecule has 6 nitrogen and oxygen atoms in total. The number of amides is 2. The minimum atomic E-state index is -0.588. The van der Waals surface area contributed by atoms with E-state index < -0.39 is 17.8 Å². The van der Waals surface area contributed by atoms with E-state index in [4.69, 9.17) is 0 Å². The third-order valence-electron chi connectivity index (χ3n) is 8.45. The first-order valence-corrected chi connectivity index (χ1v) is 13.5. The predicted molar refractivity (Wildman–Crippen MR) is 144 cm³/mol. The second-order valence-electron chi connectivity index (χ2n) is 10.6. The van der Waals surface area contributed by atoms with E-state index in [-0.39, 0.29) is 52.5 Å². The van der Waals surface area contributed by atoms with Gasteiger partial charge in [0.15, 0.2) is 11.6 Å². The van der Waals surface area contributed by atoms with Gasteiger partial charge in [-0.3, -0.25) is 24.1 Å². The van der Waals surface area contributed by atoms with Crippen molar-refractivity contribution in [1.29, 1.82) is 0 Å². The Morgan fingerprint density at radius 2 is 1.66 bits per heavy atom. The number of rotatable bonds is 3. The Morgan fingerprint density at radius 3 is 2.34 bits per heavy atom. The summed E-state index contributed by atoms with van der Waals surface area (Å²) in [5.74, 6) is -2.68. The van der Waals surface area contributed by atoms with E-state index in [9.17, 15) is 24.3 Å². The van der Waals surface area contributed by atoms with Crippen molar-refractivity contribution < 1.29 is 24.3 Å². The van der Waals surface area contributed by atoms with Crippen LogP contribution in [0.4, 0.5) is 0 Å². The number of allylic oxidation sites excluding steroid dienone is 6. The lowest BCUT2D eigenvalue weighted by molar-refractivity contribution is -0.140. The van der Waals surface area contributed by atoms with Gasteiger partial charge in [-0.1, -0.05) is 54.1 Å². The second-order valence-corrected chi connectivity index (χ2v) is 11.5. The number of carbonyl (C=O) groups is 4. The number of halogens is 1. The Hall–Kier alpha value is -3.58. The number of phenols is 1. The number of nitrogens with zero attached hydrogens (tertiary/aromatic N) is 1. The third kappa shape index (κ3) is 3.67. The fourth-order valence-electron chi connectivity index (χ4n) is 6.73. The lowest BCUT2D eigenvalue weighted by atomic mass is 9.59. The standard InChI is InChI=1S/C31H26BrNO5/c1-15-10-18(11-16(2)28(15)35)25-19-8-9-20-26(21(19)12-22-27(25)24(34)13-23(32)29(22)36)31(38)33(30(20)37)14-17-6-4-3-5-7-17/h3-8,10-11,13,20-21,25-26,35H,9,12,14H2,1-2H3. The highest BCUT2D eigenvalue weighted by molar-refractivity contribution is 9.12. The topological polar surface area (TPSA) is 91.8 Å². The molecule has 1 fully saturated rings. The van der Waals surface area contributed by atoms with Gasteiger partial charge in [-0.15, -0.1) is 0 Å². The number of hydrogen-bond acceptors (Lipinski definition) is 5. The van der Waals surface area contributed by atoms with Gasteiger partial charge < -0.3 is 5.11 Å². The molecule has 3 aliphatic carbocycles. The molecule has 4 atom stereocenters. The molecule has 38 heavy (non-hydrogen) atoms. The summed E-state index contributed by atoms with van der Waals surface area (Å²) in [6, 6.07) is 13.1. The number of aromatic hydroxyl groups is 1. The molecule has 1 saturated heterocycles. The average Bonchev–Trinajstić information content (AvgIpc) is 3.14. The van der Waals surface area contributed by atoms with E-state index in [0.29, 0.717) is 28.7 Å². The normalized spacial score (nSPS) is 26.7. The van der Waals surface area contributed by atoms with Gasteiger partial charge in [-0.05, 0) is 70.8 Å². The number of Topliss-reactive ketones (excluding diaryl/α,β-unsaturated/α-hetero) is 1. The first kappa shape index (κ1) is 24.7. The summed E-state index contributed by atoms with van der Waals surface area (Å²) in [4.78, 5) is 55.3. The quantitative estimate of drug-likeness (QED) is 0.319. The maximum Gasteiger partial charge on any atom is 0.234 e. The van der Waals surface area contributed by atoms with Crippen molar-refractivity contribution in [1.82, 2.24) is 4.90 Å². The van der Waals surface area contributed by atoms with Crippen molar-refractivity contribution in [3.8, 4) is 5.75 Å². The second kappa shape index (κ2) is 9.02. The SMILES string of the molecule is Cc1cc(C2C3=CCC4C(=O)N(Cc5ccccc5)C(=O)C4C3CC3=C2C(=O)C=C(Br)C3=O)cc(C)c1O. The minimum Gasteiger partial charge on any atom is -0.507 e. The van der Waals surface area contributed by atoms with Crippen molar-refractivity contribution in [2.24, 2.45) is 17.8 Å². The van der Waals surface area contributed by atoms with Gasteiger partial charge in [-0.2, -0.15) is 0 Å². The largest absolute Gasteiger partial charge is 0.507 e. The molecule has 1 heterocycles. The molecule has 7 heteroatoms. The van der Waals surface area contributed by atoms with Gasteiger partial charge in [0.05, 0.1) is 22.9 Å². The van der Waals surface area contributed by atoms with Crippen LogP contribution < -0.4 is 0 Å². The van der Waals surface area contributed by atoms with E-state index in [1.165, 1.54) is 11.0 Å². The Balaban J connectivity index is 1.47. The average molecular weight is 572 g/mol. The molecular formula is C31H26BrNO5. The van der Waals surface area contributed by atoms with Gasteiger partial charge in [-0.25, -0.2) is 0 Å². The molecule has 0 spiro atoms.